The van der Waals surface area contributed by atoms with E-state index in [9.17, 15) is 4.79 Å². The summed E-state index contributed by atoms with van der Waals surface area (Å²) in [6.45, 7) is 0.854. The normalized spacial score (nSPS) is 15.7. The molecule has 1 aliphatic rings. The third-order valence-electron chi connectivity index (χ3n) is 3.90. The van der Waals surface area contributed by atoms with E-state index in [2.05, 4.69) is 24.3 Å². The number of rotatable bonds is 3. The molecule has 0 saturated carbocycles. The minimum atomic E-state index is 0.0465. The minimum Gasteiger partial charge on any atom is -0.332 e. The van der Waals surface area contributed by atoms with Crippen LogP contribution in [0.2, 0.25) is 0 Å². The molecule has 1 aliphatic heterocycles. The van der Waals surface area contributed by atoms with Crippen molar-refractivity contribution in [2.24, 2.45) is 0 Å². The summed E-state index contributed by atoms with van der Waals surface area (Å²) < 4.78 is 0. The van der Waals surface area contributed by atoms with Gasteiger partial charge in [0.05, 0.1) is 6.04 Å². The minimum absolute atomic E-state index is 0.0465. The number of hydrogen-bond donors (Lipinski definition) is 0. The monoisotopic (exact) mass is 265 g/mol. The average molecular weight is 265 g/mol. The summed E-state index contributed by atoms with van der Waals surface area (Å²) in [6.07, 6.45) is 2.80. The first-order valence-corrected chi connectivity index (χ1v) is 7.25. The van der Waals surface area contributed by atoms with E-state index in [0.717, 1.165) is 19.4 Å². The van der Waals surface area contributed by atoms with Crippen molar-refractivity contribution in [3.05, 3.63) is 71.8 Å². The second kappa shape index (κ2) is 5.91. The number of carbonyl (C=O) groups is 1. The van der Waals surface area contributed by atoms with Gasteiger partial charge in [0.15, 0.2) is 0 Å². The molecule has 1 saturated heterocycles. The molecular weight excluding hydrogens is 246 g/mol. The van der Waals surface area contributed by atoms with Gasteiger partial charge in [0, 0.05) is 13.0 Å². The molecule has 0 unspecified atom stereocenters. The molecule has 3 rings (SSSR count). The van der Waals surface area contributed by atoms with E-state index in [0.29, 0.717) is 6.42 Å². The van der Waals surface area contributed by atoms with Crippen LogP contribution in [-0.4, -0.2) is 17.4 Å². The van der Waals surface area contributed by atoms with E-state index < -0.39 is 0 Å². The lowest BCUT2D eigenvalue weighted by molar-refractivity contribution is -0.135. The molecule has 0 aromatic heterocycles. The molecule has 1 amide bonds. The summed E-state index contributed by atoms with van der Waals surface area (Å²) >= 11 is 0. The summed E-state index contributed by atoms with van der Waals surface area (Å²) in [5.74, 6) is 0.272. The standard InChI is InChI=1S/C18H19NO/c20-17-13-7-8-14-19(17)18(15-9-3-1-4-10-15)16-11-5-2-6-12-16/h1-6,9-12,18H,7-8,13-14H2. The maximum Gasteiger partial charge on any atom is 0.223 e. The molecule has 0 aliphatic carbocycles. The molecule has 0 spiro atoms. The Labute approximate surface area is 120 Å². The highest BCUT2D eigenvalue weighted by molar-refractivity contribution is 5.78. The molecule has 0 atom stereocenters. The summed E-state index contributed by atoms with van der Waals surface area (Å²) in [5.41, 5.74) is 2.38. The van der Waals surface area contributed by atoms with Crippen LogP contribution < -0.4 is 0 Å². The fourth-order valence-electron chi connectivity index (χ4n) is 2.92. The van der Waals surface area contributed by atoms with Crippen LogP contribution in [0.25, 0.3) is 0 Å². The van der Waals surface area contributed by atoms with Crippen molar-refractivity contribution in [1.29, 1.82) is 0 Å². The predicted molar refractivity (Wildman–Crippen MR) is 80.3 cm³/mol. The number of benzene rings is 2. The van der Waals surface area contributed by atoms with Crippen LogP contribution in [0.5, 0.6) is 0 Å². The molecule has 1 fully saturated rings. The zero-order valence-electron chi connectivity index (χ0n) is 11.5. The Balaban J connectivity index is 2.02. The van der Waals surface area contributed by atoms with Crippen LogP contribution in [0.4, 0.5) is 0 Å². The smallest absolute Gasteiger partial charge is 0.223 e. The Morgan fingerprint density at radius 2 is 1.35 bits per heavy atom. The molecule has 20 heavy (non-hydrogen) atoms. The van der Waals surface area contributed by atoms with Gasteiger partial charge in [-0.05, 0) is 24.0 Å². The van der Waals surface area contributed by atoms with Crippen molar-refractivity contribution < 1.29 is 4.79 Å². The molecule has 2 aromatic rings. The highest BCUT2D eigenvalue weighted by Crippen LogP contribution is 2.31. The van der Waals surface area contributed by atoms with Crippen molar-refractivity contribution in [2.75, 3.05) is 6.54 Å². The van der Waals surface area contributed by atoms with Gasteiger partial charge in [0.25, 0.3) is 0 Å². The van der Waals surface area contributed by atoms with Crippen LogP contribution in [0.1, 0.15) is 36.4 Å². The van der Waals surface area contributed by atoms with E-state index in [1.807, 2.05) is 41.3 Å². The Hall–Kier alpha value is -2.09. The van der Waals surface area contributed by atoms with E-state index in [1.165, 1.54) is 11.1 Å². The van der Waals surface area contributed by atoms with Crippen molar-refractivity contribution in [3.8, 4) is 0 Å². The molecule has 2 aromatic carbocycles. The van der Waals surface area contributed by atoms with E-state index in [-0.39, 0.29) is 11.9 Å². The van der Waals surface area contributed by atoms with Gasteiger partial charge >= 0.3 is 0 Å². The molecular formula is C18H19NO. The first kappa shape index (κ1) is 12.9. The predicted octanol–water partition coefficient (Wildman–Crippen LogP) is 3.79. The molecule has 0 radical (unpaired) electrons. The Kier molecular flexibility index (Phi) is 3.82. The zero-order chi connectivity index (χ0) is 13.8. The second-order valence-corrected chi connectivity index (χ2v) is 5.27. The van der Waals surface area contributed by atoms with E-state index in [1.54, 1.807) is 0 Å². The largest absolute Gasteiger partial charge is 0.332 e. The van der Waals surface area contributed by atoms with E-state index >= 15 is 0 Å². The van der Waals surface area contributed by atoms with Crippen molar-refractivity contribution in [3.63, 3.8) is 0 Å². The van der Waals surface area contributed by atoms with Crippen LogP contribution >= 0.6 is 0 Å². The van der Waals surface area contributed by atoms with Crippen molar-refractivity contribution in [2.45, 2.75) is 25.3 Å². The number of nitrogens with zero attached hydrogens (tertiary/aromatic N) is 1. The summed E-state index contributed by atoms with van der Waals surface area (Å²) in [5, 5.41) is 0. The molecule has 102 valence electrons. The maximum absolute atomic E-state index is 12.3. The van der Waals surface area contributed by atoms with Crippen LogP contribution in [0, 0.1) is 0 Å². The zero-order valence-corrected chi connectivity index (χ0v) is 11.5. The third-order valence-corrected chi connectivity index (χ3v) is 3.90. The highest BCUT2D eigenvalue weighted by atomic mass is 16.2. The molecule has 2 heteroatoms. The molecule has 0 N–H and O–H groups in total. The Morgan fingerprint density at radius 1 is 0.800 bits per heavy atom. The average Bonchev–Trinajstić information content (AvgIpc) is 2.52. The SMILES string of the molecule is O=C1CCCCN1C(c1ccccc1)c1ccccc1. The fraction of sp³-hybridized carbons (Fsp3) is 0.278. The van der Waals surface area contributed by atoms with Crippen molar-refractivity contribution in [1.82, 2.24) is 4.90 Å². The van der Waals surface area contributed by atoms with Crippen LogP contribution in [0.3, 0.4) is 0 Å². The second-order valence-electron chi connectivity index (χ2n) is 5.27. The number of likely N-dealkylation sites (tertiary alicyclic amines) is 1. The Bertz CT molecular complexity index is 525. The van der Waals surface area contributed by atoms with Gasteiger partial charge in [0.2, 0.25) is 5.91 Å². The first-order chi connectivity index (χ1) is 9.86. The Morgan fingerprint density at radius 3 is 1.85 bits per heavy atom. The quantitative estimate of drug-likeness (QED) is 0.827. The lowest BCUT2D eigenvalue weighted by Crippen LogP contribution is -2.38. The van der Waals surface area contributed by atoms with Crippen molar-refractivity contribution >= 4 is 5.91 Å². The van der Waals surface area contributed by atoms with Gasteiger partial charge in [-0.1, -0.05) is 60.7 Å². The summed E-state index contributed by atoms with van der Waals surface area (Å²) in [7, 11) is 0. The maximum atomic E-state index is 12.3. The first-order valence-electron chi connectivity index (χ1n) is 7.25. The molecule has 0 bridgehead atoms. The lowest BCUT2D eigenvalue weighted by Gasteiger charge is -2.35. The van der Waals surface area contributed by atoms with Gasteiger partial charge in [-0.15, -0.1) is 0 Å². The number of amides is 1. The summed E-state index contributed by atoms with van der Waals surface area (Å²) in [4.78, 5) is 14.3. The number of hydrogen-bond acceptors (Lipinski definition) is 1. The highest BCUT2D eigenvalue weighted by Gasteiger charge is 2.28. The molecule has 2 nitrogen and oxygen atoms in total. The fourth-order valence-corrected chi connectivity index (χ4v) is 2.92. The van der Waals surface area contributed by atoms with E-state index in [4.69, 9.17) is 0 Å². The molecule has 1 heterocycles. The lowest BCUT2D eigenvalue weighted by atomic mass is 9.95. The van der Waals surface area contributed by atoms with Crippen LogP contribution in [0.15, 0.2) is 60.7 Å². The van der Waals surface area contributed by atoms with Gasteiger partial charge in [-0.25, -0.2) is 0 Å². The number of piperidine rings is 1. The summed E-state index contributed by atoms with van der Waals surface area (Å²) in [6, 6.07) is 20.7. The topological polar surface area (TPSA) is 20.3 Å². The van der Waals surface area contributed by atoms with Gasteiger partial charge in [0.1, 0.15) is 0 Å². The van der Waals surface area contributed by atoms with Crippen LogP contribution in [-0.2, 0) is 4.79 Å². The van der Waals surface area contributed by atoms with Gasteiger partial charge in [-0.3, -0.25) is 4.79 Å². The number of carbonyl (C=O) groups excluding carboxylic acids is 1. The van der Waals surface area contributed by atoms with Gasteiger partial charge < -0.3 is 4.90 Å². The van der Waals surface area contributed by atoms with Gasteiger partial charge in [-0.2, -0.15) is 0 Å². The third kappa shape index (κ3) is 2.60.